The zero-order valence-corrected chi connectivity index (χ0v) is 22.6. The lowest BCUT2D eigenvalue weighted by Gasteiger charge is -2.17. The van der Waals surface area contributed by atoms with Gasteiger partial charge in [-0.3, -0.25) is 4.79 Å². The maximum atomic E-state index is 10.7. The summed E-state index contributed by atoms with van der Waals surface area (Å²) in [6, 6.07) is 0. The number of carbonyl (C=O) groups is 1. The summed E-state index contributed by atoms with van der Waals surface area (Å²) in [7, 11) is 0.0118. The summed E-state index contributed by atoms with van der Waals surface area (Å²) in [4.78, 5) is 20.5. The zero-order valence-electron chi connectivity index (χ0n) is 21.7. The Hall–Kier alpha value is -0.260. The number of ether oxygens (including phenoxy) is 1. The standard InChI is InChI=1S/C26H54NO5P/c1-3-4-5-6-7-8-9-10-11-12-13-14-15-16-17-18-21-26(30-25-28)24-32-33(29)31-23-20-19-22-27-2/h25-27,29H,3-24H2,1-2H3. The first-order valence-corrected chi connectivity index (χ1v) is 14.9. The van der Waals surface area contributed by atoms with Gasteiger partial charge < -0.3 is 24.0 Å². The first-order valence-electron chi connectivity index (χ1n) is 13.7. The third kappa shape index (κ3) is 26.2. The highest BCUT2D eigenvalue weighted by Gasteiger charge is 2.14. The minimum atomic E-state index is -1.90. The van der Waals surface area contributed by atoms with Crippen LogP contribution in [0.4, 0.5) is 0 Å². The van der Waals surface area contributed by atoms with E-state index < -0.39 is 8.60 Å². The van der Waals surface area contributed by atoms with Gasteiger partial charge in [-0.2, -0.15) is 0 Å². The molecule has 0 aromatic heterocycles. The summed E-state index contributed by atoms with van der Waals surface area (Å²) in [5.41, 5.74) is 0. The normalized spacial score (nSPS) is 13.2. The summed E-state index contributed by atoms with van der Waals surface area (Å²) in [5, 5.41) is 3.07. The van der Waals surface area contributed by atoms with Crippen molar-refractivity contribution < 1.29 is 23.5 Å². The van der Waals surface area contributed by atoms with Crippen LogP contribution in [0.3, 0.4) is 0 Å². The Balaban J connectivity index is 3.47. The summed E-state index contributed by atoms with van der Waals surface area (Å²) in [5.74, 6) is 0. The van der Waals surface area contributed by atoms with Gasteiger partial charge in [0.2, 0.25) is 0 Å². The molecular weight excluding hydrogens is 437 g/mol. The highest BCUT2D eigenvalue weighted by molar-refractivity contribution is 7.40. The van der Waals surface area contributed by atoms with Crippen molar-refractivity contribution >= 4 is 15.1 Å². The van der Waals surface area contributed by atoms with Gasteiger partial charge in [-0.25, -0.2) is 0 Å². The fraction of sp³-hybridized carbons (Fsp3) is 0.962. The van der Waals surface area contributed by atoms with Gasteiger partial charge in [-0.05, 0) is 39.3 Å². The molecule has 0 heterocycles. The molecule has 2 unspecified atom stereocenters. The molecule has 198 valence electrons. The van der Waals surface area contributed by atoms with Gasteiger partial charge in [0, 0.05) is 0 Å². The maximum Gasteiger partial charge on any atom is 0.329 e. The smallest absolute Gasteiger partial charge is 0.329 e. The lowest BCUT2D eigenvalue weighted by atomic mass is 10.0. The number of hydrogen-bond donors (Lipinski definition) is 2. The van der Waals surface area contributed by atoms with Crippen LogP contribution in [0.15, 0.2) is 0 Å². The fourth-order valence-electron chi connectivity index (χ4n) is 3.92. The molecule has 0 aromatic rings. The highest BCUT2D eigenvalue weighted by Crippen LogP contribution is 2.33. The monoisotopic (exact) mass is 491 g/mol. The van der Waals surface area contributed by atoms with Crippen LogP contribution in [0.25, 0.3) is 0 Å². The van der Waals surface area contributed by atoms with E-state index in [0.717, 1.165) is 38.6 Å². The second-order valence-electron chi connectivity index (χ2n) is 9.12. The van der Waals surface area contributed by atoms with E-state index >= 15 is 0 Å². The third-order valence-electron chi connectivity index (χ3n) is 6.02. The quantitative estimate of drug-likeness (QED) is 0.0673. The molecule has 33 heavy (non-hydrogen) atoms. The summed E-state index contributed by atoms with van der Waals surface area (Å²) in [6.45, 7) is 4.34. The average molecular weight is 492 g/mol. The van der Waals surface area contributed by atoms with Gasteiger partial charge in [-0.1, -0.05) is 103 Å². The Morgan fingerprint density at radius 2 is 1.27 bits per heavy atom. The Bertz CT molecular complexity index is 390. The van der Waals surface area contributed by atoms with Crippen molar-refractivity contribution in [1.29, 1.82) is 0 Å². The van der Waals surface area contributed by atoms with Crippen LogP contribution < -0.4 is 5.32 Å². The van der Waals surface area contributed by atoms with Gasteiger partial charge in [0.1, 0.15) is 6.10 Å². The molecule has 0 radical (unpaired) electrons. The molecule has 0 bridgehead atoms. The lowest BCUT2D eigenvalue weighted by molar-refractivity contribution is -0.135. The van der Waals surface area contributed by atoms with Crippen molar-refractivity contribution in [2.24, 2.45) is 0 Å². The van der Waals surface area contributed by atoms with Crippen molar-refractivity contribution in [3.63, 3.8) is 0 Å². The second-order valence-corrected chi connectivity index (χ2v) is 10.1. The molecule has 0 aromatic carbocycles. The molecule has 0 aliphatic heterocycles. The molecule has 0 rings (SSSR count). The van der Waals surface area contributed by atoms with E-state index in [1.807, 2.05) is 7.05 Å². The first-order chi connectivity index (χ1) is 16.2. The van der Waals surface area contributed by atoms with Crippen LogP contribution in [0.1, 0.15) is 129 Å². The third-order valence-corrected chi connectivity index (χ3v) is 6.79. The molecule has 0 aliphatic carbocycles. The SMILES string of the molecule is CCCCCCCCCCCCCCCCCCC(COP(O)OCCCCNC)OC=O. The van der Waals surface area contributed by atoms with Crippen LogP contribution >= 0.6 is 8.60 Å². The molecule has 0 saturated carbocycles. The van der Waals surface area contributed by atoms with E-state index in [-0.39, 0.29) is 12.7 Å². The largest absolute Gasteiger partial charge is 0.462 e. The molecule has 0 amide bonds. The van der Waals surface area contributed by atoms with Crippen molar-refractivity contribution in [2.75, 3.05) is 26.8 Å². The predicted molar refractivity (Wildman–Crippen MR) is 139 cm³/mol. The molecule has 2 atom stereocenters. The van der Waals surface area contributed by atoms with Gasteiger partial charge in [0.05, 0.1) is 13.2 Å². The van der Waals surface area contributed by atoms with Gasteiger partial charge >= 0.3 is 8.60 Å². The minimum Gasteiger partial charge on any atom is -0.462 e. The lowest BCUT2D eigenvalue weighted by Crippen LogP contribution is -2.18. The summed E-state index contributed by atoms with van der Waals surface area (Å²) >= 11 is 0. The Kier molecular flexibility index (Phi) is 27.8. The Morgan fingerprint density at radius 1 is 0.758 bits per heavy atom. The van der Waals surface area contributed by atoms with E-state index in [1.54, 1.807) is 0 Å². The minimum absolute atomic E-state index is 0.191. The average Bonchev–Trinajstić information content (AvgIpc) is 2.82. The van der Waals surface area contributed by atoms with Crippen molar-refractivity contribution in [2.45, 2.75) is 135 Å². The second kappa shape index (κ2) is 28.0. The molecule has 0 aliphatic rings. The maximum absolute atomic E-state index is 10.7. The molecule has 7 heteroatoms. The van der Waals surface area contributed by atoms with E-state index in [1.165, 1.54) is 89.9 Å². The van der Waals surface area contributed by atoms with E-state index in [4.69, 9.17) is 13.8 Å². The highest BCUT2D eigenvalue weighted by atomic mass is 31.2. The first kappa shape index (κ1) is 32.7. The van der Waals surface area contributed by atoms with E-state index in [0.29, 0.717) is 13.1 Å². The fourth-order valence-corrected chi connectivity index (χ4v) is 4.57. The van der Waals surface area contributed by atoms with Crippen molar-refractivity contribution in [3.8, 4) is 0 Å². The van der Waals surface area contributed by atoms with Crippen LogP contribution in [-0.2, 0) is 18.6 Å². The van der Waals surface area contributed by atoms with Crippen LogP contribution in [0.2, 0.25) is 0 Å². The molecule has 0 spiro atoms. The number of carbonyl (C=O) groups excluding carboxylic acids is 1. The molecular formula is C26H54NO5P. The van der Waals surface area contributed by atoms with Crippen molar-refractivity contribution in [1.82, 2.24) is 5.32 Å². The summed E-state index contributed by atoms with van der Waals surface area (Å²) < 4.78 is 15.7. The topological polar surface area (TPSA) is 77.0 Å². The molecule has 0 saturated heterocycles. The molecule has 2 N–H and O–H groups in total. The van der Waals surface area contributed by atoms with Gasteiger partial charge in [0.15, 0.2) is 0 Å². The predicted octanol–water partition coefficient (Wildman–Crippen LogP) is 7.43. The van der Waals surface area contributed by atoms with E-state index in [9.17, 15) is 9.69 Å². The molecule has 0 fully saturated rings. The number of unbranched alkanes of at least 4 members (excludes halogenated alkanes) is 16. The van der Waals surface area contributed by atoms with Crippen LogP contribution in [0, 0.1) is 0 Å². The van der Waals surface area contributed by atoms with Crippen LogP contribution in [-0.4, -0.2) is 44.3 Å². The van der Waals surface area contributed by atoms with Crippen molar-refractivity contribution in [3.05, 3.63) is 0 Å². The summed E-state index contributed by atoms with van der Waals surface area (Å²) in [6.07, 6.45) is 23.7. The van der Waals surface area contributed by atoms with Gasteiger partial charge in [-0.15, -0.1) is 0 Å². The Morgan fingerprint density at radius 3 is 1.76 bits per heavy atom. The van der Waals surface area contributed by atoms with Gasteiger partial charge in [0.25, 0.3) is 6.47 Å². The van der Waals surface area contributed by atoms with Crippen LogP contribution in [0.5, 0.6) is 0 Å². The number of rotatable bonds is 28. The number of hydrogen-bond acceptors (Lipinski definition) is 6. The van der Waals surface area contributed by atoms with E-state index in [2.05, 4.69) is 12.2 Å². The Labute approximate surface area is 205 Å². The molecule has 6 nitrogen and oxygen atoms in total. The zero-order chi connectivity index (χ0) is 24.2. The number of nitrogens with one attached hydrogen (secondary N) is 1.